The first-order chi connectivity index (χ1) is 19.0. The van der Waals surface area contributed by atoms with Gasteiger partial charge in [-0.3, -0.25) is 9.59 Å². The Balaban J connectivity index is 1.33. The number of ether oxygens (including phenoxy) is 1. The highest BCUT2D eigenvalue weighted by molar-refractivity contribution is 7.17. The van der Waals surface area contributed by atoms with Crippen molar-refractivity contribution in [3.8, 4) is 16.9 Å². The number of rotatable bonds is 6. The van der Waals surface area contributed by atoms with Gasteiger partial charge in [-0.2, -0.15) is 0 Å². The van der Waals surface area contributed by atoms with Crippen molar-refractivity contribution >= 4 is 38.2 Å². The molecular formula is C32H30N2O4S. The Morgan fingerprint density at radius 1 is 1.10 bits per heavy atom. The Labute approximate surface area is 230 Å². The van der Waals surface area contributed by atoms with Crippen LogP contribution in [0.4, 0.5) is 0 Å². The molecule has 198 valence electrons. The molecule has 7 heteroatoms. The van der Waals surface area contributed by atoms with E-state index in [1.54, 1.807) is 19.2 Å². The first-order valence-corrected chi connectivity index (χ1v) is 14.1. The predicted octanol–water partition coefficient (Wildman–Crippen LogP) is 6.21. The minimum absolute atomic E-state index is 0.0352. The van der Waals surface area contributed by atoms with E-state index in [1.165, 1.54) is 11.3 Å². The van der Waals surface area contributed by atoms with Crippen molar-refractivity contribution in [2.75, 3.05) is 7.11 Å². The lowest BCUT2D eigenvalue weighted by atomic mass is 9.90. The van der Waals surface area contributed by atoms with Gasteiger partial charge < -0.3 is 20.1 Å². The summed E-state index contributed by atoms with van der Waals surface area (Å²) >= 11 is 1.44. The van der Waals surface area contributed by atoms with Crippen LogP contribution in [0.1, 0.15) is 48.0 Å². The van der Waals surface area contributed by atoms with E-state index in [4.69, 9.17) is 4.74 Å². The highest BCUT2D eigenvalue weighted by Gasteiger charge is 2.32. The molecular weight excluding hydrogens is 508 g/mol. The maximum absolute atomic E-state index is 12.8. The van der Waals surface area contributed by atoms with Crippen molar-refractivity contribution in [2.24, 2.45) is 0 Å². The Morgan fingerprint density at radius 3 is 2.62 bits per heavy atom. The van der Waals surface area contributed by atoms with Crippen LogP contribution in [-0.4, -0.2) is 29.1 Å². The standard InChI is InChI=1S/C32H30N2O4S/c1-18-17-25(38-2)26(27-23-15-16-39-30(23)32(37)34-28(18)27)20-13-11-19(12-14-20)22-9-6-10-24(22)33-31(36)29(35)21-7-4-3-5-8-21/h3-5,7-8,11-17,22,24,29,35H,6,9-10H2,1-2H3,(H,33,36)(H,34,37)/t22-,24-,29+/m0/s1. The molecule has 1 amide bonds. The molecule has 1 aliphatic rings. The summed E-state index contributed by atoms with van der Waals surface area (Å²) in [7, 11) is 1.67. The van der Waals surface area contributed by atoms with Crippen LogP contribution in [0, 0.1) is 6.92 Å². The van der Waals surface area contributed by atoms with Gasteiger partial charge in [0.15, 0.2) is 6.10 Å². The van der Waals surface area contributed by atoms with Crippen LogP contribution in [0.3, 0.4) is 0 Å². The van der Waals surface area contributed by atoms with Crippen LogP contribution in [0.25, 0.3) is 32.1 Å². The van der Waals surface area contributed by atoms with Gasteiger partial charge in [0, 0.05) is 28.3 Å². The number of carbonyl (C=O) groups is 1. The quantitative estimate of drug-likeness (QED) is 0.240. The SMILES string of the molecule is COc1cc(C)c2[nH]c(=O)c3sccc3c2c1-c1ccc([C@@H]2CCC[C@@H]2NC(=O)[C@H](O)c2ccccc2)cc1. The summed E-state index contributed by atoms with van der Waals surface area (Å²) < 4.78 is 6.54. The summed E-state index contributed by atoms with van der Waals surface area (Å²) in [5.41, 5.74) is 5.39. The Hall–Kier alpha value is -3.94. The normalized spacial score (nSPS) is 17.9. The average Bonchev–Trinajstić information content (AvgIpc) is 3.64. The van der Waals surface area contributed by atoms with Crippen LogP contribution >= 0.6 is 11.3 Å². The smallest absolute Gasteiger partial charge is 0.266 e. The number of fused-ring (bicyclic) bond motifs is 3. The molecule has 39 heavy (non-hydrogen) atoms. The maximum Gasteiger partial charge on any atom is 0.266 e. The predicted molar refractivity (Wildman–Crippen MR) is 157 cm³/mol. The number of hydrogen-bond acceptors (Lipinski definition) is 5. The third kappa shape index (κ3) is 4.51. The van der Waals surface area contributed by atoms with Crippen molar-refractivity contribution in [1.29, 1.82) is 0 Å². The summed E-state index contributed by atoms with van der Waals surface area (Å²) in [5.74, 6) is 0.565. The van der Waals surface area contributed by atoms with Gasteiger partial charge in [0.25, 0.3) is 11.5 Å². The van der Waals surface area contributed by atoms with E-state index in [2.05, 4.69) is 34.6 Å². The molecule has 3 atom stereocenters. The zero-order chi connectivity index (χ0) is 27.1. The fourth-order valence-electron chi connectivity index (χ4n) is 5.99. The highest BCUT2D eigenvalue weighted by Crippen LogP contribution is 2.43. The van der Waals surface area contributed by atoms with E-state index in [0.717, 1.165) is 63.6 Å². The van der Waals surface area contributed by atoms with Gasteiger partial charge in [0.05, 0.1) is 12.6 Å². The largest absolute Gasteiger partial charge is 0.496 e. The van der Waals surface area contributed by atoms with Gasteiger partial charge >= 0.3 is 0 Å². The number of benzene rings is 3. The monoisotopic (exact) mass is 538 g/mol. The third-order valence-electron chi connectivity index (χ3n) is 7.92. The molecule has 0 bridgehead atoms. The molecule has 2 aromatic heterocycles. The fourth-order valence-corrected chi connectivity index (χ4v) is 6.79. The summed E-state index contributed by atoms with van der Waals surface area (Å²) in [6.45, 7) is 1.98. The van der Waals surface area contributed by atoms with Crippen molar-refractivity contribution in [3.63, 3.8) is 0 Å². The van der Waals surface area contributed by atoms with Gasteiger partial charge in [0.2, 0.25) is 0 Å². The highest BCUT2D eigenvalue weighted by atomic mass is 32.1. The van der Waals surface area contributed by atoms with Crippen molar-refractivity contribution in [2.45, 2.75) is 44.2 Å². The number of amides is 1. The first-order valence-electron chi connectivity index (χ1n) is 13.2. The van der Waals surface area contributed by atoms with E-state index < -0.39 is 6.10 Å². The van der Waals surface area contributed by atoms with Gasteiger partial charge in [0.1, 0.15) is 10.4 Å². The summed E-state index contributed by atoms with van der Waals surface area (Å²) in [6.07, 6.45) is 1.68. The van der Waals surface area contributed by atoms with E-state index in [1.807, 2.05) is 42.6 Å². The molecule has 6 rings (SSSR count). The molecule has 0 radical (unpaired) electrons. The molecule has 0 unspecified atom stereocenters. The zero-order valence-electron chi connectivity index (χ0n) is 21.9. The number of pyridine rings is 1. The second-order valence-corrected chi connectivity index (χ2v) is 11.1. The van der Waals surface area contributed by atoms with Gasteiger partial charge in [-0.05, 0) is 59.5 Å². The minimum Gasteiger partial charge on any atom is -0.496 e. The lowest BCUT2D eigenvalue weighted by molar-refractivity contribution is -0.130. The second kappa shape index (κ2) is 10.3. The van der Waals surface area contributed by atoms with Crippen molar-refractivity contribution in [1.82, 2.24) is 10.3 Å². The Kier molecular flexibility index (Phi) is 6.71. The molecule has 0 aliphatic heterocycles. The molecule has 2 heterocycles. The van der Waals surface area contributed by atoms with Crippen molar-refractivity contribution < 1.29 is 14.6 Å². The fraction of sp³-hybridized carbons (Fsp3) is 0.250. The Bertz CT molecular complexity index is 1720. The number of nitrogens with one attached hydrogen (secondary N) is 2. The summed E-state index contributed by atoms with van der Waals surface area (Å²) in [4.78, 5) is 28.6. The van der Waals surface area contributed by atoms with Crippen molar-refractivity contribution in [3.05, 3.63) is 99.2 Å². The number of aromatic nitrogens is 1. The summed E-state index contributed by atoms with van der Waals surface area (Å²) in [6, 6.07) is 21.4. The number of hydrogen-bond donors (Lipinski definition) is 3. The molecule has 1 saturated carbocycles. The molecule has 5 aromatic rings. The Morgan fingerprint density at radius 2 is 1.87 bits per heavy atom. The number of methoxy groups -OCH3 is 1. The lowest BCUT2D eigenvalue weighted by Crippen LogP contribution is -2.39. The molecule has 0 saturated heterocycles. The van der Waals surface area contributed by atoms with E-state index in [0.29, 0.717) is 10.3 Å². The van der Waals surface area contributed by atoms with Gasteiger partial charge in [-0.1, -0.05) is 61.0 Å². The van der Waals surface area contributed by atoms with E-state index in [-0.39, 0.29) is 23.4 Å². The topological polar surface area (TPSA) is 91.4 Å². The molecule has 3 N–H and O–H groups in total. The number of carbonyl (C=O) groups excluding carboxylic acids is 1. The van der Waals surface area contributed by atoms with Crippen LogP contribution in [0.5, 0.6) is 5.75 Å². The first kappa shape index (κ1) is 25.3. The average molecular weight is 539 g/mol. The van der Waals surface area contributed by atoms with Gasteiger partial charge in [-0.15, -0.1) is 11.3 Å². The molecule has 6 nitrogen and oxygen atoms in total. The molecule has 1 fully saturated rings. The van der Waals surface area contributed by atoms with E-state index in [9.17, 15) is 14.7 Å². The maximum atomic E-state index is 12.8. The third-order valence-corrected chi connectivity index (χ3v) is 8.84. The van der Waals surface area contributed by atoms with Gasteiger partial charge in [-0.25, -0.2) is 0 Å². The number of thiophene rings is 1. The number of H-pyrrole nitrogens is 1. The van der Waals surface area contributed by atoms with E-state index >= 15 is 0 Å². The van der Waals surface area contributed by atoms with Crippen LogP contribution in [0.2, 0.25) is 0 Å². The van der Waals surface area contributed by atoms with Crippen LogP contribution in [-0.2, 0) is 4.79 Å². The lowest BCUT2D eigenvalue weighted by Gasteiger charge is -2.23. The molecule has 1 aliphatic carbocycles. The number of aliphatic hydroxyl groups is 1. The van der Waals surface area contributed by atoms with Crippen LogP contribution in [0.15, 0.2) is 76.9 Å². The molecule has 0 spiro atoms. The number of aliphatic hydroxyl groups excluding tert-OH is 1. The zero-order valence-corrected chi connectivity index (χ0v) is 22.7. The number of aryl methyl sites for hydroxylation is 1. The van der Waals surface area contributed by atoms with Crippen LogP contribution < -0.4 is 15.6 Å². The summed E-state index contributed by atoms with van der Waals surface area (Å²) in [5, 5.41) is 17.5. The second-order valence-electron chi connectivity index (χ2n) is 10.2. The molecule has 3 aromatic carbocycles. The number of aromatic amines is 1. The minimum atomic E-state index is -1.18.